The molecule has 2 aromatic rings. The van der Waals surface area contributed by atoms with Crippen LogP contribution in [0.4, 0.5) is 5.82 Å². The van der Waals surface area contributed by atoms with Crippen LogP contribution in [0.2, 0.25) is 0 Å². The number of nitrogens with zero attached hydrogens (tertiary/aromatic N) is 5. The molecule has 7 nitrogen and oxygen atoms in total. The van der Waals surface area contributed by atoms with Gasteiger partial charge < -0.3 is 10.4 Å². The van der Waals surface area contributed by atoms with Crippen LogP contribution in [0.15, 0.2) is 12.4 Å². The van der Waals surface area contributed by atoms with Crippen LogP contribution in [0.5, 0.6) is 0 Å². The average molecular weight is 220 g/mol. The predicted molar refractivity (Wildman–Crippen MR) is 55.8 cm³/mol. The average Bonchev–Trinajstić information content (AvgIpc) is 2.94. The quantitative estimate of drug-likeness (QED) is 0.735. The monoisotopic (exact) mass is 220 g/mol. The zero-order valence-corrected chi connectivity index (χ0v) is 8.67. The van der Waals surface area contributed by atoms with E-state index in [0.717, 1.165) is 25.2 Å². The molecule has 0 bridgehead atoms. The van der Waals surface area contributed by atoms with Crippen molar-refractivity contribution in [3.8, 4) is 0 Å². The smallest absolute Gasteiger partial charge is 0.199 e. The summed E-state index contributed by atoms with van der Waals surface area (Å²) in [4.78, 5) is 4.04. The Morgan fingerprint density at radius 1 is 1.44 bits per heavy atom. The van der Waals surface area contributed by atoms with Gasteiger partial charge in [0.15, 0.2) is 5.65 Å². The van der Waals surface area contributed by atoms with E-state index >= 15 is 0 Å². The van der Waals surface area contributed by atoms with Crippen molar-refractivity contribution < 1.29 is 5.11 Å². The van der Waals surface area contributed by atoms with E-state index in [1.165, 1.54) is 0 Å². The number of nitrogens with one attached hydrogen (secondary N) is 1. The molecule has 7 heteroatoms. The van der Waals surface area contributed by atoms with Gasteiger partial charge in [0.05, 0.1) is 19.0 Å². The third-order valence-electron chi connectivity index (χ3n) is 3.05. The lowest BCUT2D eigenvalue weighted by molar-refractivity contribution is 0.219. The summed E-state index contributed by atoms with van der Waals surface area (Å²) in [5, 5.41) is 23.7. The number of rotatable bonds is 4. The minimum atomic E-state index is 0.0518. The molecule has 0 radical (unpaired) electrons. The van der Waals surface area contributed by atoms with Crippen LogP contribution in [0.3, 0.4) is 0 Å². The highest BCUT2D eigenvalue weighted by molar-refractivity contribution is 5.43. The summed E-state index contributed by atoms with van der Waals surface area (Å²) >= 11 is 0. The number of aliphatic hydroxyl groups excluding tert-OH is 1. The van der Waals surface area contributed by atoms with Crippen LogP contribution in [0, 0.1) is 5.41 Å². The Balaban J connectivity index is 1.81. The highest BCUT2D eigenvalue weighted by Gasteiger charge is 2.41. The summed E-state index contributed by atoms with van der Waals surface area (Å²) in [5.41, 5.74) is 0.662. The normalized spacial score (nSPS) is 17.6. The fraction of sp³-hybridized carbons (Fsp3) is 0.556. The summed E-state index contributed by atoms with van der Waals surface area (Å²) in [5.74, 6) is 0.752. The Morgan fingerprint density at radius 3 is 3.06 bits per heavy atom. The molecule has 0 aromatic carbocycles. The van der Waals surface area contributed by atoms with Crippen molar-refractivity contribution in [2.45, 2.75) is 12.8 Å². The molecule has 0 unspecified atom stereocenters. The van der Waals surface area contributed by atoms with Gasteiger partial charge in [-0.3, -0.25) is 4.98 Å². The zero-order valence-electron chi connectivity index (χ0n) is 8.67. The van der Waals surface area contributed by atoms with E-state index in [4.69, 9.17) is 0 Å². The Hall–Kier alpha value is -1.76. The second kappa shape index (κ2) is 3.38. The molecule has 2 heterocycles. The van der Waals surface area contributed by atoms with Crippen LogP contribution < -0.4 is 5.32 Å². The molecule has 0 amide bonds. The van der Waals surface area contributed by atoms with Crippen molar-refractivity contribution in [3.05, 3.63) is 12.4 Å². The molecule has 0 spiro atoms. The Labute approximate surface area is 91.5 Å². The number of aliphatic hydroxyl groups is 1. The van der Waals surface area contributed by atoms with E-state index in [0.29, 0.717) is 5.65 Å². The number of hydrogen-bond acceptors (Lipinski definition) is 6. The second-order valence-corrected chi connectivity index (χ2v) is 4.25. The summed E-state index contributed by atoms with van der Waals surface area (Å²) in [6.07, 6.45) is 5.41. The Morgan fingerprint density at radius 2 is 2.31 bits per heavy atom. The van der Waals surface area contributed by atoms with Gasteiger partial charge in [-0.15, -0.1) is 5.10 Å². The molecule has 0 aliphatic heterocycles. The standard InChI is InChI=1S/C9H12N6O/c16-6-9(1-2-9)5-11-7-3-10-4-8-12-13-14-15(7)8/h3-4,11,16H,1-2,5-6H2. The van der Waals surface area contributed by atoms with Crippen molar-refractivity contribution in [2.24, 2.45) is 5.41 Å². The maximum atomic E-state index is 9.21. The molecule has 1 fully saturated rings. The molecule has 2 N–H and O–H groups in total. The SMILES string of the molecule is OCC1(CNc2cncc3nnnn23)CC1. The summed E-state index contributed by atoms with van der Waals surface area (Å²) < 4.78 is 1.60. The number of aromatic nitrogens is 5. The van der Waals surface area contributed by atoms with Crippen molar-refractivity contribution >= 4 is 11.5 Å². The van der Waals surface area contributed by atoms with Crippen LogP contribution in [0.1, 0.15) is 12.8 Å². The predicted octanol–water partition coefficient (Wildman–Crippen LogP) is -0.296. The lowest BCUT2D eigenvalue weighted by Crippen LogP contribution is -2.20. The van der Waals surface area contributed by atoms with Gasteiger partial charge in [-0.05, 0) is 23.3 Å². The van der Waals surface area contributed by atoms with Crippen molar-refractivity contribution in [1.29, 1.82) is 0 Å². The summed E-state index contributed by atoms with van der Waals surface area (Å²) in [6.45, 7) is 0.948. The van der Waals surface area contributed by atoms with E-state index in [9.17, 15) is 5.11 Å². The molecule has 84 valence electrons. The fourth-order valence-corrected chi connectivity index (χ4v) is 1.64. The molecular weight excluding hydrogens is 208 g/mol. The van der Waals surface area contributed by atoms with E-state index in [1.54, 1.807) is 16.9 Å². The molecule has 16 heavy (non-hydrogen) atoms. The van der Waals surface area contributed by atoms with Gasteiger partial charge in [0.1, 0.15) is 5.82 Å². The van der Waals surface area contributed by atoms with Gasteiger partial charge in [-0.25, -0.2) is 0 Å². The van der Waals surface area contributed by atoms with Gasteiger partial charge in [-0.2, -0.15) is 4.52 Å². The minimum Gasteiger partial charge on any atom is -0.396 e. The van der Waals surface area contributed by atoms with Crippen molar-refractivity contribution in [1.82, 2.24) is 25.0 Å². The van der Waals surface area contributed by atoms with Gasteiger partial charge >= 0.3 is 0 Å². The van der Waals surface area contributed by atoms with Crippen molar-refractivity contribution in [2.75, 3.05) is 18.5 Å². The van der Waals surface area contributed by atoms with Gasteiger partial charge in [0.25, 0.3) is 0 Å². The molecule has 2 aromatic heterocycles. The third kappa shape index (κ3) is 1.49. The van der Waals surface area contributed by atoms with Crippen molar-refractivity contribution in [3.63, 3.8) is 0 Å². The lowest BCUT2D eigenvalue weighted by atomic mass is 10.1. The first-order valence-electron chi connectivity index (χ1n) is 5.20. The first-order valence-corrected chi connectivity index (χ1v) is 5.20. The second-order valence-electron chi connectivity index (χ2n) is 4.25. The third-order valence-corrected chi connectivity index (χ3v) is 3.05. The number of fused-ring (bicyclic) bond motifs is 1. The van der Waals surface area contributed by atoms with E-state index in [-0.39, 0.29) is 12.0 Å². The first-order chi connectivity index (χ1) is 7.83. The fourth-order valence-electron chi connectivity index (χ4n) is 1.64. The molecule has 1 saturated carbocycles. The minimum absolute atomic E-state index is 0.0518. The molecule has 0 saturated heterocycles. The molecule has 0 atom stereocenters. The Bertz CT molecular complexity index is 505. The number of hydrogen-bond donors (Lipinski definition) is 2. The number of anilines is 1. The maximum Gasteiger partial charge on any atom is 0.199 e. The van der Waals surface area contributed by atoms with Crippen LogP contribution in [0.25, 0.3) is 5.65 Å². The zero-order chi connectivity index (χ0) is 11.0. The molecule has 1 aliphatic carbocycles. The lowest BCUT2D eigenvalue weighted by Gasteiger charge is -2.13. The first kappa shape index (κ1) is 9.46. The number of tetrazole rings is 1. The Kier molecular flexibility index (Phi) is 2.00. The maximum absolute atomic E-state index is 9.21. The molecule has 3 rings (SSSR count). The van der Waals surface area contributed by atoms with E-state index in [2.05, 4.69) is 25.8 Å². The summed E-state index contributed by atoms with van der Waals surface area (Å²) in [7, 11) is 0. The molecular formula is C9H12N6O. The molecule has 1 aliphatic rings. The topological polar surface area (TPSA) is 88.2 Å². The van der Waals surface area contributed by atoms with Gasteiger partial charge in [0.2, 0.25) is 0 Å². The highest BCUT2D eigenvalue weighted by atomic mass is 16.3. The van der Waals surface area contributed by atoms with Crippen LogP contribution in [-0.4, -0.2) is 43.3 Å². The van der Waals surface area contributed by atoms with Crippen LogP contribution in [-0.2, 0) is 0 Å². The van der Waals surface area contributed by atoms with Gasteiger partial charge in [-0.1, -0.05) is 0 Å². The van der Waals surface area contributed by atoms with E-state index in [1.807, 2.05) is 0 Å². The van der Waals surface area contributed by atoms with E-state index < -0.39 is 0 Å². The van der Waals surface area contributed by atoms with Crippen LogP contribution >= 0.6 is 0 Å². The summed E-state index contributed by atoms with van der Waals surface area (Å²) in [6, 6.07) is 0. The highest BCUT2D eigenvalue weighted by Crippen LogP contribution is 2.44. The van der Waals surface area contributed by atoms with Gasteiger partial charge in [0, 0.05) is 12.0 Å². The largest absolute Gasteiger partial charge is 0.396 e.